The van der Waals surface area contributed by atoms with Crippen LogP contribution in [0.15, 0.2) is 0 Å². The highest BCUT2D eigenvalue weighted by atomic mass is 16.5. The van der Waals surface area contributed by atoms with Crippen molar-refractivity contribution < 1.29 is 15.0 Å². The van der Waals surface area contributed by atoms with Gasteiger partial charge in [-0.25, -0.2) is 0 Å². The average molecular weight is 173 g/mol. The van der Waals surface area contributed by atoms with Crippen molar-refractivity contribution in [2.75, 3.05) is 13.6 Å². The number of quaternary nitrogens is 1. The predicted octanol–water partition coefficient (Wildman–Crippen LogP) is 0.958. The third-order valence-electron chi connectivity index (χ3n) is 3.76. The summed E-state index contributed by atoms with van der Waals surface area (Å²) in [6.07, 6.45) is 0.324. The summed E-state index contributed by atoms with van der Waals surface area (Å²) < 4.78 is -0.231. The third kappa shape index (κ3) is 1.26. The molecule has 0 amide bonds. The minimum absolute atomic E-state index is 0.0775. The molecule has 0 aliphatic carbocycles. The zero-order valence-electron chi connectivity index (χ0n) is 8.37. The Morgan fingerprint density at radius 1 is 1.50 bits per heavy atom. The molecule has 3 unspecified atom stereocenters. The Morgan fingerprint density at radius 3 is 2.42 bits per heavy atom. The fourth-order valence-electron chi connectivity index (χ4n) is 1.82. The van der Waals surface area contributed by atoms with Gasteiger partial charge in [0.15, 0.2) is 0 Å². The van der Waals surface area contributed by atoms with Crippen LogP contribution in [0.5, 0.6) is 0 Å². The van der Waals surface area contributed by atoms with E-state index in [0.717, 1.165) is 0 Å². The lowest BCUT2D eigenvalue weighted by Gasteiger charge is -2.47. The van der Waals surface area contributed by atoms with Crippen LogP contribution < -0.4 is 0 Å². The van der Waals surface area contributed by atoms with Gasteiger partial charge >= 0.3 is 0 Å². The highest BCUT2D eigenvalue weighted by Crippen LogP contribution is 2.36. The molecule has 12 heavy (non-hydrogen) atoms. The van der Waals surface area contributed by atoms with Crippen molar-refractivity contribution in [2.45, 2.75) is 38.8 Å². The number of aliphatic hydroxyl groups excluding tert-OH is 1. The first-order valence-corrected chi connectivity index (χ1v) is 4.54. The molecular weight excluding hydrogens is 154 g/mol. The van der Waals surface area contributed by atoms with E-state index in [0.29, 0.717) is 13.0 Å². The van der Waals surface area contributed by atoms with E-state index in [1.165, 1.54) is 0 Å². The smallest absolute Gasteiger partial charge is 0.131 e. The van der Waals surface area contributed by atoms with Crippen LogP contribution >= 0.6 is 0 Å². The summed E-state index contributed by atoms with van der Waals surface area (Å²) in [5.74, 6) is 0.0775. The molecule has 0 spiro atoms. The van der Waals surface area contributed by atoms with Gasteiger partial charge < -0.3 is 5.11 Å². The monoisotopic (exact) mass is 173 g/mol. The van der Waals surface area contributed by atoms with Gasteiger partial charge in [0, 0.05) is 17.5 Å². The van der Waals surface area contributed by atoms with Crippen molar-refractivity contribution in [2.24, 2.45) is 5.92 Å². The predicted molar refractivity (Wildman–Crippen MR) is 45.6 cm³/mol. The van der Waals surface area contributed by atoms with Gasteiger partial charge in [0.1, 0.15) is 19.1 Å². The molecule has 0 aromatic rings. The van der Waals surface area contributed by atoms with E-state index in [4.69, 9.17) is 0 Å². The first-order chi connectivity index (χ1) is 5.29. The highest BCUT2D eigenvalue weighted by molar-refractivity contribution is 4.84. The van der Waals surface area contributed by atoms with Gasteiger partial charge in [0.05, 0.1) is 6.10 Å². The summed E-state index contributed by atoms with van der Waals surface area (Å²) in [5.41, 5.74) is -0.363. The number of likely N-dealkylation sites (tertiary alicyclic amines) is 1. The van der Waals surface area contributed by atoms with Crippen LogP contribution in [0.25, 0.3) is 0 Å². The number of hydroxylamine groups is 3. The van der Waals surface area contributed by atoms with Crippen molar-refractivity contribution in [3.05, 3.63) is 0 Å². The molecule has 1 N–H and O–H groups in total. The number of aliphatic hydroxyl groups is 1. The minimum atomic E-state index is -0.363. The van der Waals surface area contributed by atoms with Crippen LogP contribution in [0.3, 0.4) is 0 Å². The Labute approximate surface area is 74.2 Å². The van der Waals surface area contributed by atoms with E-state index in [2.05, 4.69) is 0 Å². The van der Waals surface area contributed by atoms with Crippen LogP contribution in [0.2, 0.25) is 0 Å². The quantitative estimate of drug-likeness (QED) is 0.544. The van der Waals surface area contributed by atoms with Crippen LogP contribution in [-0.4, -0.2) is 35.0 Å². The average Bonchev–Trinajstić information content (AvgIpc) is 1.96. The fourth-order valence-corrected chi connectivity index (χ4v) is 1.82. The zero-order chi connectivity index (χ0) is 9.57. The number of nitrogens with zero attached hydrogens (tertiary/aromatic N) is 1. The molecular formula is C9H19NO2+. The Kier molecular flexibility index (Phi) is 2.23. The molecule has 3 nitrogen and oxygen atoms in total. The number of piperidine rings is 1. The maximum absolute atomic E-state index is 12.0. The topological polar surface area (TPSA) is 40.1 Å². The van der Waals surface area contributed by atoms with E-state index >= 15 is 0 Å². The van der Waals surface area contributed by atoms with E-state index in [-0.39, 0.29) is 22.2 Å². The van der Waals surface area contributed by atoms with Crippen LogP contribution in [0, 0.1) is 5.92 Å². The maximum Gasteiger partial charge on any atom is 0.131 e. The lowest BCUT2D eigenvalue weighted by Crippen LogP contribution is -2.65. The van der Waals surface area contributed by atoms with E-state index in [9.17, 15) is 10.3 Å². The van der Waals surface area contributed by atoms with Crippen LogP contribution in [0.1, 0.15) is 27.2 Å². The van der Waals surface area contributed by atoms with E-state index < -0.39 is 0 Å². The first kappa shape index (κ1) is 9.96. The Hall–Kier alpha value is -0.120. The lowest BCUT2D eigenvalue weighted by molar-refractivity contribution is -1.15. The second kappa shape index (κ2) is 2.69. The molecule has 1 radical (unpaired) electrons. The molecule has 1 fully saturated rings. The van der Waals surface area contributed by atoms with Gasteiger partial charge in [-0.15, -0.1) is 4.65 Å². The van der Waals surface area contributed by atoms with Gasteiger partial charge in [-0.3, -0.25) is 0 Å². The van der Waals surface area contributed by atoms with Gasteiger partial charge in [-0.05, 0) is 13.8 Å². The minimum Gasteiger partial charge on any atom is -0.392 e. The third-order valence-corrected chi connectivity index (χ3v) is 3.76. The number of rotatable bonds is 0. The second-order valence-corrected chi connectivity index (χ2v) is 4.62. The van der Waals surface area contributed by atoms with Gasteiger partial charge in [0.2, 0.25) is 0 Å². The second-order valence-electron chi connectivity index (χ2n) is 4.62. The molecule has 71 valence electrons. The Morgan fingerprint density at radius 2 is 2.00 bits per heavy atom. The molecule has 0 aromatic carbocycles. The first-order valence-electron chi connectivity index (χ1n) is 4.54. The van der Waals surface area contributed by atoms with Gasteiger partial charge in [0.25, 0.3) is 0 Å². The molecule has 1 rings (SSSR count). The standard InChI is InChI=1S/C9H19NO2/c1-7-8(11)5-6-10(4,12)9(7,2)3/h7-8,11H,5-6H2,1-4H3/q+1. The van der Waals surface area contributed by atoms with Crippen molar-refractivity contribution >= 4 is 0 Å². The summed E-state index contributed by atoms with van der Waals surface area (Å²) >= 11 is 0. The van der Waals surface area contributed by atoms with Crippen molar-refractivity contribution in [1.29, 1.82) is 0 Å². The summed E-state index contributed by atoms with van der Waals surface area (Å²) in [7, 11) is 1.70. The number of hydrogen-bond donors (Lipinski definition) is 1. The Bertz CT molecular complexity index is 177. The summed E-state index contributed by atoms with van der Waals surface area (Å²) in [5, 5.41) is 21.6. The fraction of sp³-hybridized carbons (Fsp3) is 1.00. The normalized spacial score (nSPS) is 47.5. The lowest BCUT2D eigenvalue weighted by atomic mass is 9.78. The molecule has 1 heterocycles. The largest absolute Gasteiger partial charge is 0.392 e. The summed E-state index contributed by atoms with van der Waals surface area (Å²) in [6.45, 7) is 6.36. The van der Waals surface area contributed by atoms with Crippen molar-refractivity contribution in [3.63, 3.8) is 0 Å². The summed E-state index contributed by atoms with van der Waals surface area (Å²) in [6, 6.07) is 0. The van der Waals surface area contributed by atoms with Gasteiger partial charge in [-0.1, -0.05) is 6.92 Å². The van der Waals surface area contributed by atoms with E-state index in [1.54, 1.807) is 7.05 Å². The van der Waals surface area contributed by atoms with Crippen molar-refractivity contribution in [3.8, 4) is 0 Å². The molecule has 1 aliphatic heterocycles. The molecule has 0 aromatic heterocycles. The molecule has 3 heteroatoms. The SMILES string of the molecule is CC1C(O)CC[N+](C)([O])C1(C)C. The molecule has 1 aliphatic rings. The van der Waals surface area contributed by atoms with Crippen LogP contribution in [0.4, 0.5) is 0 Å². The summed E-state index contributed by atoms with van der Waals surface area (Å²) in [4.78, 5) is 0. The zero-order valence-corrected chi connectivity index (χ0v) is 8.37. The molecule has 3 atom stereocenters. The highest BCUT2D eigenvalue weighted by Gasteiger charge is 2.52. The molecule has 0 bridgehead atoms. The van der Waals surface area contributed by atoms with Crippen molar-refractivity contribution in [1.82, 2.24) is 0 Å². The molecule has 1 saturated heterocycles. The molecule has 0 saturated carbocycles. The maximum atomic E-state index is 12.0. The van der Waals surface area contributed by atoms with Gasteiger partial charge in [-0.2, -0.15) is 0 Å². The Balaban J connectivity index is 2.88. The van der Waals surface area contributed by atoms with E-state index in [1.807, 2.05) is 20.8 Å². The van der Waals surface area contributed by atoms with Crippen LogP contribution in [-0.2, 0) is 5.21 Å². The number of hydrogen-bond acceptors (Lipinski definition) is 1.